The molecule has 0 saturated heterocycles. The van der Waals surface area contributed by atoms with Crippen LogP contribution >= 0.6 is 11.8 Å². The molecule has 1 heterocycles. The molecule has 1 N–H and O–H groups in total. The minimum absolute atomic E-state index is 0.768. The summed E-state index contributed by atoms with van der Waals surface area (Å²) in [6.45, 7) is 2.85. The number of thioether (sulfide) groups is 1. The van der Waals surface area contributed by atoms with Crippen LogP contribution in [0.25, 0.3) is 0 Å². The van der Waals surface area contributed by atoms with Gasteiger partial charge in [0.2, 0.25) is 0 Å². The van der Waals surface area contributed by atoms with Gasteiger partial charge in [-0.1, -0.05) is 12.1 Å². The SMILES string of the molecule is CSc1cccc(NCc2ncccc2C)c1. The lowest BCUT2D eigenvalue weighted by molar-refractivity contribution is 1.02. The highest BCUT2D eigenvalue weighted by atomic mass is 32.2. The number of nitrogens with one attached hydrogen (secondary N) is 1. The number of hydrogen-bond acceptors (Lipinski definition) is 3. The van der Waals surface area contributed by atoms with Gasteiger partial charge in [0, 0.05) is 16.8 Å². The molecule has 0 spiro atoms. The van der Waals surface area contributed by atoms with E-state index in [9.17, 15) is 0 Å². The standard InChI is InChI=1S/C14H16N2S/c1-11-5-4-8-15-14(11)10-16-12-6-3-7-13(9-12)17-2/h3-9,16H,10H2,1-2H3. The minimum Gasteiger partial charge on any atom is -0.379 e. The first kappa shape index (κ1) is 12.0. The third-order valence-corrected chi connectivity index (χ3v) is 3.37. The lowest BCUT2D eigenvalue weighted by Gasteiger charge is -2.08. The van der Waals surface area contributed by atoms with Crippen LogP contribution in [0.1, 0.15) is 11.3 Å². The van der Waals surface area contributed by atoms with Crippen LogP contribution in [0.15, 0.2) is 47.5 Å². The predicted molar refractivity (Wildman–Crippen MR) is 74.5 cm³/mol. The molecular formula is C14H16N2S. The van der Waals surface area contributed by atoms with Crippen molar-refractivity contribution in [3.8, 4) is 0 Å². The van der Waals surface area contributed by atoms with E-state index in [1.165, 1.54) is 10.5 Å². The number of anilines is 1. The number of aromatic nitrogens is 1. The van der Waals surface area contributed by atoms with Crippen molar-refractivity contribution in [2.24, 2.45) is 0 Å². The maximum atomic E-state index is 4.37. The molecule has 2 rings (SSSR count). The third kappa shape index (κ3) is 3.24. The van der Waals surface area contributed by atoms with Gasteiger partial charge < -0.3 is 5.32 Å². The van der Waals surface area contributed by atoms with E-state index in [0.29, 0.717) is 0 Å². The van der Waals surface area contributed by atoms with Gasteiger partial charge in [-0.05, 0) is 43.0 Å². The lowest BCUT2D eigenvalue weighted by Crippen LogP contribution is -2.03. The highest BCUT2D eigenvalue weighted by Gasteiger charge is 1.99. The predicted octanol–water partition coefficient (Wildman–Crippen LogP) is 3.72. The zero-order valence-electron chi connectivity index (χ0n) is 10.1. The van der Waals surface area contributed by atoms with Gasteiger partial charge in [0.25, 0.3) is 0 Å². The number of benzene rings is 1. The molecule has 2 aromatic rings. The number of hydrogen-bond donors (Lipinski definition) is 1. The Bertz CT molecular complexity index is 497. The normalized spacial score (nSPS) is 10.2. The van der Waals surface area contributed by atoms with Crippen molar-refractivity contribution in [1.29, 1.82) is 0 Å². The van der Waals surface area contributed by atoms with E-state index in [1.807, 2.05) is 12.3 Å². The molecule has 1 aromatic heterocycles. The van der Waals surface area contributed by atoms with Crippen molar-refractivity contribution in [3.63, 3.8) is 0 Å². The molecule has 0 unspecified atom stereocenters. The summed E-state index contributed by atoms with van der Waals surface area (Å²) in [6.07, 6.45) is 3.92. The third-order valence-electron chi connectivity index (χ3n) is 2.65. The molecule has 0 radical (unpaired) electrons. The molecule has 1 aromatic carbocycles. The van der Waals surface area contributed by atoms with Gasteiger partial charge in [-0.25, -0.2) is 0 Å². The Hall–Kier alpha value is -1.48. The fraction of sp³-hybridized carbons (Fsp3) is 0.214. The van der Waals surface area contributed by atoms with Crippen LogP contribution < -0.4 is 5.32 Å². The Morgan fingerprint density at radius 2 is 2.12 bits per heavy atom. The van der Waals surface area contributed by atoms with Crippen LogP contribution in [-0.4, -0.2) is 11.2 Å². The molecule has 0 aliphatic heterocycles. The molecule has 0 atom stereocenters. The van der Waals surface area contributed by atoms with Crippen LogP contribution in [0, 0.1) is 6.92 Å². The second-order valence-corrected chi connectivity index (χ2v) is 4.73. The molecular weight excluding hydrogens is 228 g/mol. The monoisotopic (exact) mass is 244 g/mol. The summed E-state index contributed by atoms with van der Waals surface area (Å²) in [5, 5.41) is 3.40. The summed E-state index contributed by atoms with van der Waals surface area (Å²) in [6, 6.07) is 12.5. The van der Waals surface area contributed by atoms with Gasteiger partial charge in [0.15, 0.2) is 0 Å². The van der Waals surface area contributed by atoms with Crippen molar-refractivity contribution in [2.45, 2.75) is 18.4 Å². The van der Waals surface area contributed by atoms with E-state index in [0.717, 1.165) is 17.9 Å². The summed E-state index contributed by atoms with van der Waals surface area (Å²) in [5.41, 5.74) is 3.46. The van der Waals surface area contributed by atoms with Crippen LogP contribution in [0.5, 0.6) is 0 Å². The summed E-state index contributed by atoms with van der Waals surface area (Å²) in [7, 11) is 0. The first-order valence-corrected chi connectivity index (χ1v) is 6.80. The maximum absolute atomic E-state index is 4.37. The number of pyridine rings is 1. The summed E-state index contributed by atoms with van der Waals surface area (Å²) in [4.78, 5) is 5.64. The summed E-state index contributed by atoms with van der Waals surface area (Å²) >= 11 is 1.75. The van der Waals surface area contributed by atoms with Crippen LogP contribution in [0.2, 0.25) is 0 Å². The molecule has 0 aliphatic rings. The quantitative estimate of drug-likeness (QED) is 0.830. The number of rotatable bonds is 4. The zero-order valence-corrected chi connectivity index (χ0v) is 10.9. The smallest absolute Gasteiger partial charge is 0.0623 e. The summed E-state index contributed by atoms with van der Waals surface area (Å²) in [5.74, 6) is 0. The highest BCUT2D eigenvalue weighted by molar-refractivity contribution is 7.98. The van der Waals surface area contributed by atoms with Crippen molar-refractivity contribution in [2.75, 3.05) is 11.6 Å². The molecule has 3 heteroatoms. The average molecular weight is 244 g/mol. The Balaban J connectivity index is 2.05. The first-order chi connectivity index (χ1) is 8.29. The van der Waals surface area contributed by atoms with Crippen molar-refractivity contribution in [3.05, 3.63) is 53.9 Å². The van der Waals surface area contributed by atoms with Crippen LogP contribution in [0.4, 0.5) is 5.69 Å². The minimum atomic E-state index is 0.768. The molecule has 0 fully saturated rings. The molecule has 0 bridgehead atoms. The fourth-order valence-electron chi connectivity index (χ4n) is 1.62. The maximum Gasteiger partial charge on any atom is 0.0623 e. The molecule has 88 valence electrons. The zero-order chi connectivity index (χ0) is 12.1. The van der Waals surface area contributed by atoms with Crippen LogP contribution in [-0.2, 0) is 6.54 Å². The Morgan fingerprint density at radius 3 is 2.88 bits per heavy atom. The Morgan fingerprint density at radius 1 is 1.24 bits per heavy atom. The number of aryl methyl sites for hydroxylation is 1. The molecule has 0 saturated carbocycles. The van der Waals surface area contributed by atoms with Crippen molar-refractivity contribution in [1.82, 2.24) is 4.98 Å². The fourth-order valence-corrected chi connectivity index (χ4v) is 2.08. The highest BCUT2D eigenvalue weighted by Crippen LogP contribution is 2.19. The average Bonchev–Trinajstić information content (AvgIpc) is 2.38. The van der Waals surface area contributed by atoms with E-state index in [4.69, 9.17) is 0 Å². The van der Waals surface area contributed by atoms with Crippen LogP contribution in [0.3, 0.4) is 0 Å². The Kier molecular flexibility index (Phi) is 4.04. The second-order valence-electron chi connectivity index (χ2n) is 3.85. The van der Waals surface area contributed by atoms with E-state index in [2.05, 4.69) is 53.8 Å². The van der Waals surface area contributed by atoms with Gasteiger partial charge in [-0.15, -0.1) is 11.8 Å². The lowest BCUT2D eigenvalue weighted by atomic mass is 10.2. The van der Waals surface area contributed by atoms with E-state index in [-0.39, 0.29) is 0 Å². The van der Waals surface area contributed by atoms with Gasteiger partial charge in [0.1, 0.15) is 0 Å². The van der Waals surface area contributed by atoms with Crippen molar-refractivity contribution >= 4 is 17.4 Å². The van der Waals surface area contributed by atoms with Crippen molar-refractivity contribution < 1.29 is 0 Å². The molecule has 0 aliphatic carbocycles. The van der Waals surface area contributed by atoms with Gasteiger partial charge in [-0.2, -0.15) is 0 Å². The molecule has 2 nitrogen and oxygen atoms in total. The molecule has 0 amide bonds. The van der Waals surface area contributed by atoms with E-state index in [1.54, 1.807) is 11.8 Å². The second kappa shape index (κ2) is 5.73. The topological polar surface area (TPSA) is 24.9 Å². The van der Waals surface area contributed by atoms with Gasteiger partial charge in [0.05, 0.1) is 12.2 Å². The summed E-state index contributed by atoms with van der Waals surface area (Å²) < 4.78 is 0. The molecule has 17 heavy (non-hydrogen) atoms. The van der Waals surface area contributed by atoms with E-state index < -0.39 is 0 Å². The van der Waals surface area contributed by atoms with Gasteiger partial charge >= 0.3 is 0 Å². The van der Waals surface area contributed by atoms with Gasteiger partial charge in [-0.3, -0.25) is 4.98 Å². The number of nitrogens with zero attached hydrogens (tertiary/aromatic N) is 1. The Labute approximate surface area is 106 Å². The van der Waals surface area contributed by atoms with E-state index >= 15 is 0 Å². The first-order valence-electron chi connectivity index (χ1n) is 5.58. The largest absolute Gasteiger partial charge is 0.379 e.